The lowest BCUT2D eigenvalue weighted by atomic mass is 10.1. The molecule has 1 saturated heterocycles. The van der Waals surface area contributed by atoms with Gasteiger partial charge < -0.3 is 0 Å². The van der Waals surface area contributed by atoms with E-state index in [0.29, 0.717) is 6.61 Å². The molecule has 0 spiro atoms. The zero-order chi connectivity index (χ0) is 11.0. The second-order valence-electron chi connectivity index (χ2n) is 4.43. The maximum atomic E-state index is 12.0. The summed E-state index contributed by atoms with van der Waals surface area (Å²) in [4.78, 5) is 17.3. The van der Waals surface area contributed by atoms with Gasteiger partial charge in [0.15, 0.2) is 0 Å². The topological polar surface area (TPSA) is 29.5 Å². The van der Waals surface area contributed by atoms with Crippen LogP contribution in [0.4, 0.5) is 0 Å². The first-order chi connectivity index (χ1) is 7.84. The van der Waals surface area contributed by atoms with E-state index in [2.05, 4.69) is 6.07 Å². The Kier molecular flexibility index (Phi) is 2.40. The van der Waals surface area contributed by atoms with Crippen molar-refractivity contribution < 1.29 is 9.63 Å². The van der Waals surface area contributed by atoms with Crippen LogP contribution in [0.3, 0.4) is 0 Å². The van der Waals surface area contributed by atoms with Crippen molar-refractivity contribution in [1.82, 2.24) is 5.06 Å². The summed E-state index contributed by atoms with van der Waals surface area (Å²) >= 11 is 0. The van der Waals surface area contributed by atoms with Gasteiger partial charge in [-0.1, -0.05) is 6.07 Å². The lowest BCUT2D eigenvalue weighted by Crippen LogP contribution is -2.26. The molecule has 0 aromatic heterocycles. The smallest absolute Gasteiger partial charge is 0.271 e. The molecule has 84 valence electrons. The molecule has 1 aromatic rings. The lowest BCUT2D eigenvalue weighted by molar-refractivity contribution is -0.0768. The van der Waals surface area contributed by atoms with Gasteiger partial charge in [0.1, 0.15) is 0 Å². The fourth-order valence-corrected chi connectivity index (χ4v) is 2.46. The maximum Gasteiger partial charge on any atom is 0.277 e. The van der Waals surface area contributed by atoms with E-state index in [0.717, 1.165) is 31.4 Å². The molecule has 0 bridgehead atoms. The van der Waals surface area contributed by atoms with E-state index in [1.54, 1.807) is 0 Å². The Hall–Kier alpha value is -1.35. The van der Waals surface area contributed by atoms with E-state index in [1.165, 1.54) is 22.6 Å². The molecule has 3 heteroatoms. The highest BCUT2D eigenvalue weighted by atomic mass is 16.7. The van der Waals surface area contributed by atoms with Crippen LogP contribution < -0.4 is 0 Å². The molecular formula is C13H15NO2. The Bertz CT molecular complexity index is 422. The largest absolute Gasteiger partial charge is 0.277 e. The SMILES string of the molecule is O=C(c1ccc2c(c1)CCC2)N1CCCO1. The summed E-state index contributed by atoms with van der Waals surface area (Å²) in [5.41, 5.74) is 3.51. The van der Waals surface area contributed by atoms with Gasteiger partial charge in [0.2, 0.25) is 0 Å². The molecule has 1 fully saturated rings. The third-order valence-corrected chi connectivity index (χ3v) is 3.32. The summed E-state index contributed by atoms with van der Waals surface area (Å²) in [7, 11) is 0. The van der Waals surface area contributed by atoms with Crippen LogP contribution >= 0.6 is 0 Å². The zero-order valence-electron chi connectivity index (χ0n) is 9.24. The van der Waals surface area contributed by atoms with E-state index in [-0.39, 0.29) is 5.91 Å². The van der Waals surface area contributed by atoms with Crippen LogP contribution in [0, 0.1) is 0 Å². The highest BCUT2D eigenvalue weighted by Gasteiger charge is 2.22. The van der Waals surface area contributed by atoms with Crippen molar-refractivity contribution in [1.29, 1.82) is 0 Å². The molecule has 1 aliphatic heterocycles. The van der Waals surface area contributed by atoms with Gasteiger partial charge in [-0.2, -0.15) is 0 Å². The van der Waals surface area contributed by atoms with Crippen molar-refractivity contribution in [2.24, 2.45) is 0 Å². The molecule has 3 rings (SSSR count). The van der Waals surface area contributed by atoms with Gasteiger partial charge in [0.05, 0.1) is 13.2 Å². The van der Waals surface area contributed by atoms with Gasteiger partial charge >= 0.3 is 0 Å². The summed E-state index contributed by atoms with van der Waals surface area (Å²) in [5.74, 6) is 0.00667. The van der Waals surface area contributed by atoms with E-state index < -0.39 is 0 Å². The average molecular weight is 217 g/mol. The molecule has 16 heavy (non-hydrogen) atoms. The average Bonchev–Trinajstić information content (AvgIpc) is 2.98. The number of hydroxylamine groups is 2. The van der Waals surface area contributed by atoms with Crippen molar-refractivity contribution in [3.05, 3.63) is 34.9 Å². The van der Waals surface area contributed by atoms with Gasteiger partial charge in [-0.15, -0.1) is 0 Å². The van der Waals surface area contributed by atoms with Gasteiger partial charge in [-0.25, -0.2) is 5.06 Å². The first-order valence-electron chi connectivity index (χ1n) is 5.91. The predicted molar refractivity (Wildman–Crippen MR) is 60.1 cm³/mol. The van der Waals surface area contributed by atoms with Gasteiger partial charge in [0, 0.05) is 5.56 Å². The number of aryl methyl sites for hydroxylation is 2. The fourth-order valence-electron chi connectivity index (χ4n) is 2.46. The molecule has 3 nitrogen and oxygen atoms in total. The monoisotopic (exact) mass is 217 g/mol. The number of benzene rings is 1. The molecule has 1 aliphatic carbocycles. The van der Waals surface area contributed by atoms with Crippen molar-refractivity contribution >= 4 is 5.91 Å². The summed E-state index contributed by atoms with van der Waals surface area (Å²) in [6.45, 7) is 1.38. The Morgan fingerprint density at radius 2 is 2.06 bits per heavy atom. The molecule has 0 N–H and O–H groups in total. The first kappa shape index (κ1) is 9.85. The van der Waals surface area contributed by atoms with Gasteiger partial charge in [-0.3, -0.25) is 9.63 Å². The van der Waals surface area contributed by atoms with Crippen LogP contribution in [-0.2, 0) is 17.7 Å². The van der Waals surface area contributed by atoms with Crippen molar-refractivity contribution in [2.75, 3.05) is 13.2 Å². The quantitative estimate of drug-likeness (QED) is 0.719. The molecule has 2 aliphatic rings. The number of carbonyl (C=O) groups is 1. The highest BCUT2D eigenvalue weighted by molar-refractivity contribution is 5.94. The number of rotatable bonds is 1. The van der Waals surface area contributed by atoms with Crippen LogP contribution in [0.1, 0.15) is 34.3 Å². The first-order valence-corrected chi connectivity index (χ1v) is 5.91. The molecule has 0 atom stereocenters. The van der Waals surface area contributed by atoms with Crippen LogP contribution in [0.25, 0.3) is 0 Å². The third-order valence-electron chi connectivity index (χ3n) is 3.32. The Balaban J connectivity index is 1.86. The van der Waals surface area contributed by atoms with Crippen molar-refractivity contribution in [3.8, 4) is 0 Å². The summed E-state index contributed by atoms with van der Waals surface area (Å²) in [6, 6.07) is 6.05. The Morgan fingerprint density at radius 1 is 1.19 bits per heavy atom. The number of hydrogen-bond acceptors (Lipinski definition) is 2. The van der Waals surface area contributed by atoms with E-state index in [4.69, 9.17) is 4.84 Å². The zero-order valence-corrected chi connectivity index (χ0v) is 9.24. The minimum absolute atomic E-state index is 0.00667. The standard InChI is InChI=1S/C13H15NO2/c15-13(14-7-2-8-16-14)12-6-5-10-3-1-4-11(10)9-12/h5-6,9H,1-4,7-8H2. The molecule has 1 aromatic carbocycles. The molecule has 0 radical (unpaired) electrons. The molecular weight excluding hydrogens is 202 g/mol. The van der Waals surface area contributed by atoms with Crippen LogP contribution in [0.2, 0.25) is 0 Å². The predicted octanol–water partition coefficient (Wildman–Crippen LogP) is 1.95. The second-order valence-corrected chi connectivity index (χ2v) is 4.43. The third kappa shape index (κ3) is 1.61. The Labute approximate surface area is 95.0 Å². The fraction of sp³-hybridized carbons (Fsp3) is 0.462. The van der Waals surface area contributed by atoms with Crippen molar-refractivity contribution in [3.63, 3.8) is 0 Å². The van der Waals surface area contributed by atoms with Crippen LogP contribution in [0.5, 0.6) is 0 Å². The van der Waals surface area contributed by atoms with Gasteiger partial charge in [0.25, 0.3) is 5.91 Å². The highest BCUT2D eigenvalue weighted by Crippen LogP contribution is 2.23. The summed E-state index contributed by atoms with van der Waals surface area (Å²) in [5, 5.41) is 1.48. The number of nitrogens with zero attached hydrogens (tertiary/aromatic N) is 1. The minimum Gasteiger partial charge on any atom is -0.271 e. The molecule has 1 heterocycles. The number of amides is 1. The summed E-state index contributed by atoms with van der Waals surface area (Å²) in [6.07, 6.45) is 4.42. The normalized spacial score (nSPS) is 18.9. The van der Waals surface area contributed by atoms with E-state index >= 15 is 0 Å². The molecule has 0 unspecified atom stereocenters. The number of carbonyl (C=O) groups excluding carboxylic acids is 1. The number of hydrogen-bond donors (Lipinski definition) is 0. The second kappa shape index (κ2) is 3.91. The van der Waals surface area contributed by atoms with Gasteiger partial charge in [-0.05, 0) is 48.9 Å². The number of fused-ring (bicyclic) bond motifs is 1. The maximum absolute atomic E-state index is 12.0. The van der Waals surface area contributed by atoms with Crippen LogP contribution in [-0.4, -0.2) is 24.1 Å². The van der Waals surface area contributed by atoms with Crippen molar-refractivity contribution in [2.45, 2.75) is 25.7 Å². The van der Waals surface area contributed by atoms with E-state index in [9.17, 15) is 4.79 Å². The lowest BCUT2D eigenvalue weighted by Gasteiger charge is -2.14. The van der Waals surface area contributed by atoms with E-state index in [1.807, 2.05) is 12.1 Å². The Morgan fingerprint density at radius 3 is 2.88 bits per heavy atom. The summed E-state index contributed by atoms with van der Waals surface area (Å²) < 4.78 is 0. The van der Waals surface area contributed by atoms with Crippen LogP contribution in [0.15, 0.2) is 18.2 Å². The molecule has 0 saturated carbocycles. The molecule has 1 amide bonds. The minimum atomic E-state index is 0.00667.